The van der Waals surface area contributed by atoms with Gasteiger partial charge in [0.1, 0.15) is 0 Å². The van der Waals surface area contributed by atoms with E-state index >= 15 is 0 Å². The monoisotopic (exact) mass is 382 g/mol. The maximum atomic E-state index is 2.45. The van der Waals surface area contributed by atoms with E-state index in [4.69, 9.17) is 0 Å². The Labute approximate surface area is 162 Å². The molecule has 0 saturated heterocycles. The van der Waals surface area contributed by atoms with Crippen LogP contribution in [0, 0.1) is 0 Å². The van der Waals surface area contributed by atoms with Crippen LogP contribution in [0.15, 0.2) is 51.9 Å². The Hall–Kier alpha value is -0.266. The molecular weight excluding hydrogens is 359 g/mol. The van der Waals surface area contributed by atoms with E-state index in [1.165, 1.54) is 44.1 Å². The molecule has 0 fully saturated rings. The summed E-state index contributed by atoms with van der Waals surface area (Å²) in [5, 5.41) is 0. The molecule has 0 aromatic heterocycles. The summed E-state index contributed by atoms with van der Waals surface area (Å²) >= 11 is -0.0598. The standard InChI is InChI=1S/C11H17.C9H7.2ClH.Ti/c1-2-3-4-5-8-11-9-6-7-10-11;1-2-5-9-7-3-6-8(9)4-1;;;/h6,9H,2-5,7-8H2,1H3;1-7H;2*1H;/q;;;;+2/p-2. The number of halogens is 2. The van der Waals surface area contributed by atoms with Crippen LogP contribution >= 0.6 is 0 Å². The average molecular weight is 383 g/mol. The number of hydrogen-bond donors (Lipinski definition) is 0. The molecule has 0 radical (unpaired) electrons. The van der Waals surface area contributed by atoms with Gasteiger partial charge in [0.25, 0.3) is 0 Å². The number of unbranched alkanes of at least 4 members (excludes halogenated alkanes) is 3. The summed E-state index contributed by atoms with van der Waals surface area (Å²) in [4.78, 5) is 0. The Morgan fingerprint density at radius 3 is 2.70 bits per heavy atom. The SMILES string of the molecule is CCCCCCC1=[C]([Ti+2][CH]2C=Cc3ccccc32)CC=C1.[Cl-].[Cl-]. The molecule has 0 spiro atoms. The zero-order chi connectivity index (χ0) is 14.5. The number of benzene rings is 1. The third-order valence-electron chi connectivity index (χ3n) is 4.46. The first kappa shape index (κ1) is 20.8. The zero-order valence-corrected chi connectivity index (χ0v) is 16.8. The minimum absolute atomic E-state index is 0. The molecule has 0 N–H and O–H groups in total. The maximum absolute atomic E-state index is 2.45. The third-order valence-corrected chi connectivity index (χ3v) is 7.09. The van der Waals surface area contributed by atoms with E-state index in [1.54, 1.807) is 15.0 Å². The van der Waals surface area contributed by atoms with E-state index in [9.17, 15) is 0 Å². The van der Waals surface area contributed by atoms with E-state index in [0.29, 0.717) is 0 Å². The maximum Gasteiger partial charge on any atom is -1.00 e. The van der Waals surface area contributed by atoms with Gasteiger partial charge in [-0.15, -0.1) is 0 Å². The Bertz CT molecular complexity index is 587. The van der Waals surface area contributed by atoms with Gasteiger partial charge in [-0.05, 0) is 0 Å². The normalized spacial score (nSPS) is 17.5. The van der Waals surface area contributed by atoms with Gasteiger partial charge in [-0.1, -0.05) is 0 Å². The fourth-order valence-corrected chi connectivity index (χ4v) is 5.76. The minimum Gasteiger partial charge on any atom is -1.00 e. The molecule has 1 atom stereocenters. The molecule has 0 aliphatic heterocycles. The first-order chi connectivity index (χ1) is 10.4. The summed E-state index contributed by atoms with van der Waals surface area (Å²) < 4.78 is 2.53. The Kier molecular flexibility index (Phi) is 9.55. The van der Waals surface area contributed by atoms with Gasteiger partial charge in [0.2, 0.25) is 0 Å². The number of hydrogen-bond acceptors (Lipinski definition) is 0. The first-order valence-electron chi connectivity index (χ1n) is 8.30. The van der Waals surface area contributed by atoms with Crippen molar-refractivity contribution in [1.82, 2.24) is 0 Å². The van der Waals surface area contributed by atoms with Gasteiger partial charge in [0.05, 0.1) is 0 Å². The predicted molar refractivity (Wildman–Crippen MR) is 87.8 cm³/mol. The fourth-order valence-electron chi connectivity index (χ4n) is 3.24. The molecule has 23 heavy (non-hydrogen) atoms. The van der Waals surface area contributed by atoms with Gasteiger partial charge < -0.3 is 24.8 Å². The predicted octanol–water partition coefficient (Wildman–Crippen LogP) is 0.0294. The van der Waals surface area contributed by atoms with Crippen molar-refractivity contribution in [3.63, 3.8) is 0 Å². The van der Waals surface area contributed by atoms with E-state index in [0.717, 1.165) is 4.22 Å². The Morgan fingerprint density at radius 2 is 1.87 bits per heavy atom. The fraction of sp³-hybridized carbons (Fsp3) is 0.400. The van der Waals surface area contributed by atoms with Gasteiger partial charge in [0.15, 0.2) is 0 Å². The van der Waals surface area contributed by atoms with E-state index in [-0.39, 0.29) is 44.0 Å². The van der Waals surface area contributed by atoms with E-state index in [1.807, 2.05) is 0 Å². The van der Waals surface area contributed by atoms with Crippen LogP contribution in [-0.2, 0) is 19.2 Å². The van der Waals surface area contributed by atoms with Crippen LogP contribution in [0.3, 0.4) is 0 Å². The summed E-state index contributed by atoms with van der Waals surface area (Å²) in [5.74, 6) is 0. The summed E-state index contributed by atoms with van der Waals surface area (Å²) in [6.45, 7) is 2.29. The molecule has 0 nitrogen and oxygen atoms in total. The summed E-state index contributed by atoms with van der Waals surface area (Å²) in [5.41, 5.74) is 4.70. The molecule has 0 saturated carbocycles. The van der Waals surface area contributed by atoms with Crippen molar-refractivity contribution in [3.05, 3.63) is 63.1 Å². The molecule has 1 unspecified atom stereocenters. The molecule has 2 aliphatic rings. The molecule has 1 aromatic rings. The quantitative estimate of drug-likeness (QED) is 0.461. The van der Waals surface area contributed by atoms with E-state index < -0.39 is 0 Å². The number of allylic oxidation sites excluding steroid dienone is 5. The second-order valence-electron chi connectivity index (χ2n) is 6.03. The van der Waals surface area contributed by atoms with Crippen molar-refractivity contribution >= 4 is 6.08 Å². The van der Waals surface area contributed by atoms with Crippen LogP contribution in [0.5, 0.6) is 0 Å². The van der Waals surface area contributed by atoms with Gasteiger partial charge in [-0.2, -0.15) is 0 Å². The Balaban J connectivity index is 0.00000132. The molecule has 3 rings (SSSR count). The van der Waals surface area contributed by atoms with Crippen LogP contribution < -0.4 is 24.8 Å². The van der Waals surface area contributed by atoms with Crippen LogP contribution in [0.2, 0.25) is 0 Å². The molecule has 2 aliphatic carbocycles. The second kappa shape index (κ2) is 10.6. The molecule has 3 heteroatoms. The topological polar surface area (TPSA) is 0 Å². The summed E-state index contributed by atoms with van der Waals surface area (Å²) in [6.07, 6.45) is 17.6. The van der Waals surface area contributed by atoms with Crippen LogP contribution in [0.1, 0.15) is 60.8 Å². The molecule has 0 amide bonds. The van der Waals surface area contributed by atoms with E-state index in [2.05, 4.69) is 55.5 Å². The summed E-state index contributed by atoms with van der Waals surface area (Å²) in [6, 6.07) is 8.93. The van der Waals surface area contributed by atoms with Crippen molar-refractivity contribution in [1.29, 1.82) is 0 Å². The molecule has 1 aromatic carbocycles. The molecule has 0 bridgehead atoms. The van der Waals surface area contributed by atoms with Gasteiger partial charge >= 0.3 is 138 Å². The van der Waals surface area contributed by atoms with Gasteiger partial charge in [0, 0.05) is 0 Å². The molecule has 0 heterocycles. The van der Waals surface area contributed by atoms with Crippen molar-refractivity contribution in [2.75, 3.05) is 0 Å². The van der Waals surface area contributed by atoms with Crippen LogP contribution in [0.25, 0.3) is 6.08 Å². The number of fused-ring (bicyclic) bond motifs is 1. The largest absolute Gasteiger partial charge is 1.00 e. The third kappa shape index (κ3) is 5.36. The number of rotatable bonds is 7. The Morgan fingerprint density at radius 1 is 1.04 bits per heavy atom. The zero-order valence-electron chi connectivity index (χ0n) is 13.7. The smallest absolute Gasteiger partial charge is 1.00 e. The molecule has 122 valence electrons. The second-order valence-corrected chi connectivity index (χ2v) is 8.40. The molecular formula is C20H24Cl2Ti. The minimum atomic E-state index is -0.0598. The van der Waals surface area contributed by atoms with Crippen molar-refractivity contribution in [2.24, 2.45) is 0 Å². The van der Waals surface area contributed by atoms with Crippen molar-refractivity contribution in [3.8, 4) is 0 Å². The van der Waals surface area contributed by atoms with Crippen LogP contribution in [0.4, 0.5) is 0 Å². The van der Waals surface area contributed by atoms with Crippen molar-refractivity contribution in [2.45, 2.75) is 49.7 Å². The van der Waals surface area contributed by atoms with Crippen LogP contribution in [-0.4, -0.2) is 0 Å². The average Bonchev–Trinajstić information content (AvgIpc) is 3.12. The van der Waals surface area contributed by atoms with Crippen molar-refractivity contribution < 1.29 is 44.0 Å². The first-order valence-corrected chi connectivity index (χ1v) is 9.99. The van der Waals surface area contributed by atoms with Gasteiger partial charge in [-0.3, -0.25) is 0 Å². The van der Waals surface area contributed by atoms with Gasteiger partial charge in [-0.25, -0.2) is 0 Å². The summed E-state index contributed by atoms with van der Waals surface area (Å²) in [7, 11) is 0.